The molecule has 0 aliphatic heterocycles. The molecule has 21 heavy (non-hydrogen) atoms. The van der Waals surface area contributed by atoms with Crippen molar-refractivity contribution in [3.05, 3.63) is 28.2 Å². The van der Waals surface area contributed by atoms with Crippen LogP contribution < -0.4 is 4.72 Å². The van der Waals surface area contributed by atoms with Gasteiger partial charge in [-0.05, 0) is 46.5 Å². The van der Waals surface area contributed by atoms with E-state index < -0.39 is 22.0 Å². The highest BCUT2D eigenvalue weighted by Gasteiger charge is 2.23. The number of rotatable bonds is 7. The molecule has 3 N–H and O–H groups in total. The summed E-state index contributed by atoms with van der Waals surface area (Å²) in [7, 11) is -3.84. The Labute approximate surface area is 132 Å². The van der Waals surface area contributed by atoms with Gasteiger partial charge in [-0.2, -0.15) is 0 Å². The van der Waals surface area contributed by atoms with Gasteiger partial charge in [-0.3, -0.25) is 0 Å². The molecule has 8 heteroatoms. The predicted molar refractivity (Wildman–Crippen MR) is 81.8 cm³/mol. The molecule has 0 bridgehead atoms. The van der Waals surface area contributed by atoms with Crippen molar-refractivity contribution in [2.75, 3.05) is 6.61 Å². The molecule has 1 atom stereocenters. The maximum absolute atomic E-state index is 12.3. The molecule has 0 amide bonds. The van der Waals surface area contributed by atoms with Gasteiger partial charge in [0, 0.05) is 10.5 Å². The molecule has 1 unspecified atom stereocenters. The largest absolute Gasteiger partial charge is 0.478 e. The maximum Gasteiger partial charge on any atom is 0.335 e. The lowest BCUT2D eigenvalue weighted by atomic mass is 10.1. The van der Waals surface area contributed by atoms with Crippen molar-refractivity contribution < 1.29 is 23.4 Å². The molecular formula is C13H18BrNO5S. The second kappa shape index (κ2) is 7.35. The van der Waals surface area contributed by atoms with E-state index in [1.54, 1.807) is 0 Å². The zero-order chi connectivity index (χ0) is 16.2. The number of hydrogen-bond acceptors (Lipinski definition) is 4. The Morgan fingerprint density at radius 1 is 1.38 bits per heavy atom. The van der Waals surface area contributed by atoms with Crippen molar-refractivity contribution in [2.24, 2.45) is 5.92 Å². The summed E-state index contributed by atoms with van der Waals surface area (Å²) in [6, 6.07) is 3.09. The van der Waals surface area contributed by atoms with Gasteiger partial charge in [0.05, 0.1) is 17.1 Å². The Kier molecular flexibility index (Phi) is 6.33. The smallest absolute Gasteiger partial charge is 0.335 e. The average Bonchev–Trinajstić information content (AvgIpc) is 2.36. The zero-order valence-electron chi connectivity index (χ0n) is 11.7. The number of sulfonamides is 1. The van der Waals surface area contributed by atoms with Crippen molar-refractivity contribution >= 4 is 31.9 Å². The van der Waals surface area contributed by atoms with Crippen LogP contribution in [0.15, 0.2) is 27.6 Å². The van der Waals surface area contributed by atoms with Gasteiger partial charge in [0.2, 0.25) is 10.0 Å². The fourth-order valence-corrected chi connectivity index (χ4v) is 4.18. The van der Waals surface area contributed by atoms with Gasteiger partial charge in [-0.1, -0.05) is 13.8 Å². The van der Waals surface area contributed by atoms with Crippen LogP contribution in [0.5, 0.6) is 0 Å². The van der Waals surface area contributed by atoms with E-state index in [0.29, 0.717) is 6.42 Å². The summed E-state index contributed by atoms with van der Waals surface area (Å²) in [5, 5.41) is 18.1. The lowest BCUT2D eigenvalue weighted by Gasteiger charge is -2.18. The Hall–Kier alpha value is -0.960. The number of carboxylic acid groups (broad SMARTS) is 1. The second-order valence-corrected chi connectivity index (χ2v) is 7.62. The number of aromatic carboxylic acids is 1. The molecule has 0 aliphatic carbocycles. The van der Waals surface area contributed by atoms with E-state index in [1.807, 2.05) is 13.8 Å². The first-order valence-electron chi connectivity index (χ1n) is 6.33. The van der Waals surface area contributed by atoms with Crippen molar-refractivity contribution in [1.29, 1.82) is 0 Å². The molecule has 0 spiro atoms. The number of nitrogens with one attached hydrogen (secondary N) is 1. The third kappa shape index (κ3) is 5.06. The van der Waals surface area contributed by atoms with E-state index in [0.717, 1.165) is 0 Å². The van der Waals surface area contributed by atoms with Crippen LogP contribution in [0.1, 0.15) is 30.6 Å². The number of aliphatic hydroxyl groups excluding tert-OH is 1. The first kappa shape index (κ1) is 18.1. The standard InChI is InChI=1S/C13H18BrNO5S/c1-8(2)5-10(7-16)15-21(19,20)12-4-3-9(13(17)18)6-11(12)14/h3-4,6,8,10,15-16H,5,7H2,1-2H3,(H,17,18). The SMILES string of the molecule is CC(C)CC(CO)NS(=O)(=O)c1ccc(C(=O)O)cc1Br. The third-order valence-electron chi connectivity index (χ3n) is 2.77. The number of carbonyl (C=O) groups is 1. The molecule has 0 saturated carbocycles. The molecule has 6 nitrogen and oxygen atoms in total. The van der Waals surface area contributed by atoms with Gasteiger partial charge in [-0.25, -0.2) is 17.9 Å². The number of aliphatic hydroxyl groups is 1. The minimum Gasteiger partial charge on any atom is -0.478 e. The molecule has 0 radical (unpaired) electrons. The molecule has 0 fully saturated rings. The summed E-state index contributed by atoms with van der Waals surface area (Å²) in [4.78, 5) is 10.8. The van der Waals surface area contributed by atoms with Gasteiger partial charge in [0.25, 0.3) is 0 Å². The van der Waals surface area contributed by atoms with Crippen molar-refractivity contribution in [3.8, 4) is 0 Å². The number of halogens is 1. The molecule has 0 heterocycles. The number of hydrogen-bond donors (Lipinski definition) is 3. The van der Waals surface area contributed by atoms with Gasteiger partial charge in [0.1, 0.15) is 0 Å². The molecule has 1 aromatic rings. The Balaban J connectivity index is 3.05. The van der Waals surface area contributed by atoms with E-state index in [2.05, 4.69) is 20.7 Å². The van der Waals surface area contributed by atoms with Gasteiger partial charge in [-0.15, -0.1) is 0 Å². The van der Waals surface area contributed by atoms with Crippen LogP contribution >= 0.6 is 15.9 Å². The van der Waals surface area contributed by atoms with Crippen molar-refractivity contribution in [1.82, 2.24) is 4.72 Å². The monoisotopic (exact) mass is 379 g/mol. The number of carboxylic acids is 1. The maximum atomic E-state index is 12.3. The highest BCUT2D eigenvalue weighted by molar-refractivity contribution is 9.10. The topological polar surface area (TPSA) is 104 Å². The Bertz CT molecular complexity index is 615. The van der Waals surface area contributed by atoms with E-state index in [-0.39, 0.29) is 27.5 Å². The quantitative estimate of drug-likeness (QED) is 0.670. The fourth-order valence-electron chi connectivity index (χ4n) is 1.86. The fraction of sp³-hybridized carbons (Fsp3) is 0.462. The van der Waals surface area contributed by atoms with Crippen LogP contribution in [0.25, 0.3) is 0 Å². The average molecular weight is 380 g/mol. The van der Waals surface area contributed by atoms with Crippen molar-refractivity contribution in [2.45, 2.75) is 31.2 Å². The van der Waals surface area contributed by atoms with E-state index in [9.17, 15) is 18.3 Å². The van der Waals surface area contributed by atoms with Crippen LogP contribution in [0.2, 0.25) is 0 Å². The van der Waals surface area contributed by atoms with Crippen LogP contribution in [0.4, 0.5) is 0 Å². The molecular weight excluding hydrogens is 362 g/mol. The van der Waals surface area contributed by atoms with Gasteiger partial charge >= 0.3 is 5.97 Å². The lowest BCUT2D eigenvalue weighted by Crippen LogP contribution is -2.38. The van der Waals surface area contributed by atoms with E-state index in [4.69, 9.17) is 5.11 Å². The number of benzene rings is 1. The summed E-state index contributed by atoms with van der Waals surface area (Å²) in [6.45, 7) is 3.55. The summed E-state index contributed by atoms with van der Waals surface area (Å²) in [5.74, 6) is -0.914. The predicted octanol–water partition coefficient (Wildman–Crippen LogP) is 1.83. The van der Waals surface area contributed by atoms with Crippen molar-refractivity contribution in [3.63, 3.8) is 0 Å². The highest BCUT2D eigenvalue weighted by atomic mass is 79.9. The molecule has 1 aromatic carbocycles. The molecule has 0 aromatic heterocycles. The van der Waals surface area contributed by atoms with Gasteiger partial charge < -0.3 is 10.2 Å². The minimum absolute atomic E-state index is 0.0123. The summed E-state index contributed by atoms with van der Waals surface area (Å²) >= 11 is 3.07. The summed E-state index contributed by atoms with van der Waals surface area (Å²) < 4.78 is 27.2. The molecule has 0 aliphatic rings. The zero-order valence-corrected chi connectivity index (χ0v) is 14.1. The third-order valence-corrected chi connectivity index (χ3v) is 5.26. The molecule has 0 saturated heterocycles. The van der Waals surface area contributed by atoms with Crippen LogP contribution in [0.3, 0.4) is 0 Å². The molecule has 1 rings (SSSR count). The first-order chi connectivity index (χ1) is 9.67. The van der Waals surface area contributed by atoms with Crippen LogP contribution in [0, 0.1) is 5.92 Å². The summed E-state index contributed by atoms with van der Waals surface area (Å²) in [6.07, 6.45) is 0.501. The Morgan fingerprint density at radius 2 is 2.00 bits per heavy atom. The minimum atomic E-state index is -3.84. The highest BCUT2D eigenvalue weighted by Crippen LogP contribution is 2.24. The lowest BCUT2D eigenvalue weighted by molar-refractivity contribution is 0.0696. The Morgan fingerprint density at radius 3 is 2.43 bits per heavy atom. The van der Waals surface area contributed by atoms with Crippen LogP contribution in [-0.4, -0.2) is 37.2 Å². The first-order valence-corrected chi connectivity index (χ1v) is 8.61. The second-order valence-electron chi connectivity index (χ2n) is 5.08. The molecule has 118 valence electrons. The van der Waals surface area contributed by atoms with Crippen LogP contribution in [-0.2, 0) is 10.0 Å². The van der Waals surface area contributed by atoms with E-state index in [1.165, 1.54) is 18.2 Å². The summed E-state index contributed by atoms with van der Waals surface area (Å²) in [5.41, 5.74) is -0.0123. The van der Waals surface area contributed by atoms with Gasteiger partial charge in [0.15, 0.2) is 0 Å². The van der Waals surface area contributed by atoms with E-state index >= 15 is 0 Å². The normalized spacial score (nSPS) is 13.4.